The number of alkyl halides is 2. The van der Waals surface area contributed by atoms with Gasteiger partial charge in [-0.1, -0.05) is 30.7 Å². The number of rotatable bonds is 7. The Bertz CT molecular complexity index is 978. The molecule has 3 amide bonds. The minimum absolute atomic E-state index is 0.141. The largest absolute Gasteiger partial charge is 0.327 e. The molecule has 0 spiro atoms. The Labute approximate surface area is 184 Å². The lowest BCUT2D eigenvalue weighted by molar-refractivity contribution is -0.126. The number of amides is 3. The maximum atomic E-state index is 14.3. The first-order valence-corrected chi connectivity index (χ1v) is 10.8. The molecule has 0 bridgehead atoms. The smallest absolute Gasteiger partial charge is 0.311 e. The maximum absolute atomic E-state index is 14.3. The lowest BCUT2D eigenvalue weighted by atomic mass is 10.1. The van der Waals surface area contributed by atoms with E-state index in [0.29, 0.717) is 22.8 Å². The molecule has 32 heavy (non-hydrogen) atoms. The lowest BCUT2D eigenvalue weighted by Gasteiger charge is -2.26. The minimum atomic E-state index is -2.76. The number of hydrogen-bond donors (Lipinski definition) is 0. The van der Waals surface area contributed by atoms with Crippen LogP contribution in [-0.4, -0.2) is 64.2 Å². The number of piperidine rings is 1. The molecule has 0 radical (unpaired) electrons. The van der Waals surface area contributed by atoms with Gasteiger partial charge in [0.05, 0.1) is 17.9 Å². The van der Waals surface area contributed by atoms with Gasteiger partial charge in [-0.15, -0.1) is 0 Å². The van der Waals surface area contributed by atoms with Crippen molar-refractivity contribution >= 4 is 11.9 Å². The first-order chi connectivity index (χ1) is 15.4. The number of nitrogens with zero attached hydrogens (tertiary/aromatic N) is 4. The molecule has 2 aliphatic rings. The summed E-state index contributed by atoms with van der Waals surface area (Å²) in [5.41, 5.74) is 2.63. The summed E-state index contributed by atoms with van der Waals surface area (Å²) < 4.78 is 39.5. The number of aromatic nitrogens is 1. The van der Waals surface area contributed by atoms with Gasteiger partial charge in [-0.05, 0) is 43.6 Å². The number of likely N-dealkylation sites (tertiary alicyclic amines) is 1. The van der Waals surface area contributed by atoms with Crippen LogP contribution in [0.3, 0.4) is 0 Å². The van der Waals surface area contributed by atoms with E-state index in [1.807, 2.05) is 12.1 Å². The molecule has 1 aromatic carbocycles. The number of urea groups is 1. The van der Waals surface area contributed by atoms with Crippen molar-refractivity contribution in [3.63, 3.8) is 0 Å². The summed E-state index contributed by atoms with van der Waals surface area (Å²) in [5, 5.41) is 0. The van der Waals surface area contributed by atoms with E-state index in [-0.39, 0.29) is 18.9 Å². The topological polar surface area (TPSA) is 56.8 Å². The minimum Gasteiger partial charge on any atom is -0.311 e. The fourth-order valence-corrected chi connectivity index (χ4v) is 4.12. The maximum Gasteiger partial charge on any atom is 0.327 e. The van der Waals surface area contributed by atoms with E-state index in [4.69, 9.17) is 0 Å². The second-order valence-corrected chi connectivity index (χ2v) is 8.19. The van der Waals surface area contributed by atoms with Gasteiger partial charge in [0.15, 0.2) is 0 Å². The molecule has 1 aromatic heterocycles. The molecule has 2 aliphatic heterocycles. The fourth-order valence-electron chi connectivity index (χ4n) is 4.12. The van der Waals surface area contributed by atoms with Crippen molar-refractivity contribution in [2.75, 3.05) is 26.2 Å². The van der Waals surface area contributed by atoms with Crippen LogP contribution in [0.5, 0.6) is 0 Å². The molecule has 0 saturated carbocycles. The summed E-state index contributed by atoms with van der Waals surface area (Å²) in [4.78, 5) is 32.6. The zero-order valence-electron chi connectivity index (χ0n) is 17.6. The zero-order chi connectivity index (χ0) is 22.7. The average Bonchev–Trinajstić information content (AvgIpc) is 3.03. The van der Waals surface area contributed by atoms with Crippen LogP contribution in [0.25, 0.3) is 11.3 Å². The Morgan fingerprint density at radius 1 is 0.938 bits per heavy atom. The highest BCUT2D eigenvalue weighted by molar-refractivity contribution is 6.02. The molecule has 4 rings (SSSR count). The van der Waals surface area contributed by atoms with Crippen LogP contribution in [0.4, 0.5) is 18.0 Å². The molecule has 0 aliphatic carbocycles. The average molecular weight is 446 g/mol. The second-order valence-electron chi connectivity index (χ2n) is 8.19. The quantitative estimate of drug-likeness (QED) is 0.606. The van der Waals surface area contributed by atoms with Crippen molar-refractivity contribution in [3.8, 4) is 11.3 Å². The van der Waals surface area contributed by atoms with Crippen molar-refractivity contribution in [1.29, 1.82) is 0 Å². The molecule has 3 heterocycles. The first kappa shape index (κ1) is 22.3. The van der Waals surface area contributed by atoms with E-state index in [1.54, 1.807) is 18.2 Å². The van der Waals surface area contributed by atoms with Crippen molar-refractivity contribution in [2.24, 2.45) is 0 Å². The highest BCUT2D eigenvalue weighted by atomic mass is 19.3. The fraction of sp³-hybridized carbons (Fsp3) is 0.435. The van der Waals surface area contributed by atoms with Crippen molar-refractivity contribution in [2.45, 2.75) is 38.8 Å². The first-order valence-electron chi connectivity index (χ1n) is 10.8. The monoisotopic (exact) mass is 446 g/mol. The molecule has 170 valence electrons. The molecule has 0 N–H and O–H groups in total. The van der Waals surface area contributed by atoms with E-state index in [1.165, 1.54) is 17.4 Å². The van der Waals surface area contributed by atoms with Crippen LogP contribution in [0.15, 0.2) is 36.4 Å². The SMILES string of the molecule is O=C1CN(Cc2ccc(-c3ccc(F)c(CN4CCCCC4)n3)cc2)C(=O)N1CC(F)F. The van der Waals surface area contributed by atoms with Gasteiger partial charge in [-0.25, -0.2) is 22.9 Å². The summed E-state index contributed by atoms with van der Waals surface area (Å²) in [7, 11) is 0. The van der Waals surface area contributed by atoms with Gasteiger partial charge in [0.25, 0.3) is 12.3 Å². The Hall–Kier alpha value is -2.94. The summed E-state index contributed by atoms with van der Waals surface area (Å²) in [6.45, 7) is 1.43. The number of benzene rings is 1. The third-order valence-electron chi connectivity index (χ3n) is 5.81. The van der Waals surface area contributed by atoms with Gasteiger partial charge in [-0.3, -0.25) is 14.6 Å². The van der Waals surface area contributed by atoms with Crippen molar-refractivity contribution in [3.05, 3.63) is 53.5 Å². The second kappa shape index (κ2) is 9.68. The lowest BCUT2D eigenvalue weighted by Crippen LogP contribution is -2.36. The Kier molecular flexibility index (Phi) is 6.74. The molecular weight excluding hydrogens is 421 g/mol. The van der Waals surface area contributed by atoms with E-state index < -0.39 is 24.9 Å². The van der Waals surface area contributed by atoms with Gasteiger partial charge in [-0.2, -0.15) is 0 Å². The van der Waals surface area contributed by atoms with Gasteiger partial charge in [0, 0.05) is 18.7 Å². The van der Waals surface area contributed by atoms with E-state index in [9.17, 15) is 22.8 Å². The van der Waals surface area contributed by atoms with Crippen molar-refractivity contribution in [1.82, 2.24) is 19.7 Å². The predicted octanol–water partition coefficient (Wildman–Crippen LogP) is 3.90. The molecular formula is C23H25F3N4O2. The van der Waals surface area contributed by atoms with Crippen LogP contribution in [0, 0.1) is 5.82 Å². The number of carbonyl (C=O) groups excluding carboxylic acids is 2. The third kappa shape index (κ3) is 5.09. The van der Waals surface area contributed by atoms with Crippen LogP contribution < -0.4 is 0 Å². The molecule has 0 atom stereocenters. The Morgan fingerprint density at radius 2 is 1.66 bits per heavy atom. The summed E-state index contributed by atoms with van der Waals surface area (Å²) in [5.74, 6) is -0.940. The van der Waals surface area contributed by atoms with Crippen LogP contribution >= 0.6 is 0 Å². The molecule has 9 heteroatoms. The standard InChI is InChI=1S/C23H25F3N4O2/c24-18-8-9-19(27-20(18)13-28-10-2-1-3-11-28)17-6-4-16(5-7-17)12-29-15-22(31)30(23(29)32)14-21(25)26/h4-9,21H,1-3,10-15H2. The molecule has 0 unspecified atom stereocenters. The third-order valence-corrected chi connectivity index (χ3v) is 5.81. The molecule has 2 saturated heterocycles. The van der Waals surface area contributed by atoms with Crippen LogP contribution in [-0.2, 0) is 17.9 Å². The number of carbonyl (C=O) groups is 2. The summed E-state index contributed by atoms with van der Waals surface area (Å²) in [6.07, 6.45) is 0.687. The van der Waals surface area contributed by atoms with Gasteiger partial charge in [0.2, 0.25) is 0 Å². The summed E-state index contributed by atoms with van der Waals surface area (Å²) in [6, 6.07) is 9.58. The number of halogens is 3. The molecule has 6 nitrogen and oxygen atoms in total. The van der Waals surface area contributed by atoms with Crippen LogP contribution in [0.1, 0.15) is 30.5 Å². The van der Waals surface area contributed by atoms with Gasteiger partial charge in [0.1, 0.15) is 12.4 Å². The van der Waals surface area contributed by atoms with E-state index in [2.05, 4.69) is 9.88 Å². The Morgan fingerprint density at radius 3 is 2.34 bits per heavy atom. The highest BCUT2D eigenvalue weighted by Crippen LogP contribution is 2.23. The zero-order valence-corrected chi connectivity index (χ0v) is 17.6. The predicted molar refractivity (Wildman–Crippen MR) is 112 cm³/mol. The van der Waals surface area contributed by atoms with Gasteiger partial charge >= 0.3 is 6.03 Å². The molecule has 2 fully saturated rings. The number of hydrogen-bond acceptors (Lipinski definition) is 4. The van der Waals surface area contributed by atoms with E-state index >= 15 is 0 Å². The highest BCUT2D eigenvalue weighted by Gasteiger charge is 2.37. The molecule has 2 aromatic rings. The van der Waals surface area contributed by atoms with E-state index in [0.717, 1.165) is 37.1 Å². The normalized spacial score (nSPS) is 17.6. The number of imide groups is 1. The van der Waals surface area contributed by atoms with Crippen molar-refractivity contribution < 1.29 is 22.8 Å². The Balaban J connectivity index is 1.43. The van der Waals surface area contributed by atoms with Gasteiger partial charge < -0.3 is 4.90 Å². The number of pyridine rings is 1. The van der Waals surface area contributed by atoms with Crippen LogP contribution in [0.2, 0.25) is 0 Å². The summed E-state index contributed by atoms with van der Waals surface area (Å²) >= 11 is 0.